The smallest absolute Gasteiger partial charge is 0.341 e. The van der Waals surface area contributed by atoms with E-state index in [1.165, 1.54) is 4.90 Å². The Morgan fingerprint density at radius 1 is 1.24 bits per heavy atom. The second-order valence-electron chi connectivity index (χ2n) is 8.25. The Bertz CT molecular complexity index is 781. The average Bonchev–Trinajstić information content (AvgIpc) is 3.52. The van der Waals surface area contributed by atoms with Crippen molar-refractivity contribution in [2.24, 2.45) is 5.92 Å². The van der Waals surface area contributed by atoms with Gasteiger partial charge >= 0.3 is 6.18 Å². The normalized spacial score (nSPS) is 28.7. The van der Waals surface area contributed by atoms with Crippen LogP contribution in [0, 0.1) is 5.92 Å². The van der Waals surface area contributed by atoms with Gasteiger partial charge in [0.15, 0.2) is 0 Å². The Labute approximate surface area is 167 Å². The summed E-state index contributed by atoms with van der Waals surface area (Å²) in [7, 11) is 0. The van der Waals surface area contributed by atoms with Gasteiger partial charge in [-0.2, -0.15) is 13.2 Å². The third-order valence-corrected chi connectivity index (χ3v) is 6.04. The predicted octanol–water partition coefficient (Wildman–Crippen LogP) is 3.17. The monoisotopic (exact) mass is 410 g/mol. The number of hydrogen-bond donors (Lipinski definition) is 2. The molecule has 3 atom stereocenters. The molecule has 158 valence electrons. The van der Waals surface area contributed by atoms with Crippen LogP contribution in [0.3, 0.4) is 0 Å². The highest BCUT2D eigenvalue weighted by atomic mass is 19.4. The van der Waals surface area contributed by atoms with Crippen molar-refractivity contribution >= 4 is 17.6 Å². The number of carbonyl (C=O) groups is 2. The fraction of sp³-hybridized carbons (Fsp3) is 0.650. The van der Waals surface area contributed by atoms with Crippen molar-refractivity contribution in [2.75, 3.05) is 11.9 Å². The lowest BCUT2D eigenvalue weighted by Crippen LogP contribution is -2.60. The number of hydrogen-bond acceptors (Lipinski definition) is 4. The second kappa shape index (κ2) is 7.93. The van der Waals surface area contributed by atoms with E-state index >= 15 is 0 Å². The number of amides is 2. The predicted molar refractivity (Wildman–Crippen MR) is 99.9 cm³/mol. The average molecular weight is 410 g/mol. The number of nitrogens with one attached hydrogen (secondary N) is 2. The van der Waals surface area contributed by atoms with Crippen molar-refractivity contribution in [3.05, 3.63) is 23.9 Å². The van der Waals surface area contributed by atoms with Gasteiger partial charge in [0.1, 0.15) is 11.9 Å². The summed E-state index contributed by atoms with van der Waals surface area (Å²) in [5, 5.41) is 5.55. The molecule has 1 aromatic rings. The summed E-state index contributed by atoms with van der Waals surface area (Å²) < 4.78 is 40.5. The third kappa shape index (κ3) is 4.71. The molecule has 3 aliphatic rings. The lowest BCUT2D eigenvalue weighted by atomic mass is 9.87. The van der Waals surface area contributed by atoms with Crippen molar-refractivity contribution in [3.63, 3.8) is 0 Å². The fourth-order valence-electron chi connectivity index (χ4n) is 4.37. The van der Waals surface area contributed by atoms with Crippen LogP contribution in [0.2, 0.25) is 0 Å². The fourth-order valence-corrected chi connectivity index (χ4v) is 4.37. The van der Waals surface area contributed by atoms with Crippen LogP contribution in [-0.4, -0.2) is 46.6 Å². The molecular formula is C20H25F3N4O2. The molecule has 3 unspecified atom stereocenters. The van der Waals surface area contributed by atoms with Crippen LogP contribution in [0.25, 0.3) is 0 Å². The molecule has 2 saturated heterocycles. The molecule has 0 spiro atoms. The minimum absolute atomic E-state index is 0.0451. The molecule has 2 N–H and O–H groups in total. The number of carbonyl (C=O) groups excluding carboxylic acids is 2. The van der Waals surface area contributed by atoms with Gasteiger partial charge in [-0.3, -0.25) is 14.5 Å². The summed E-state index contributed by atoms with van der Waals surface area (Å²) in [6.07, 6.45) is 0.277. The summed E-state index contributed by atoms with van der Waals surface area (Å²) in [5.41, 5.74) is 0.812. The number of likely N-dealkylation sites (tertiary alicyclic amines) is 1. The van der Waals surface area contributed by atoms with Crippen LogP contribution in [0.15, 0.2) is 18.3 Å². The Hall–Kier alpha value is -2.16. The van der Waals surface area contributed by atoms with Crippen molar-refractivity contribution < 1.29 is 22.8 Å². The summed E-state index contributed by atoms with van der Waals surface area (Å²) >= 11 is 0. The first kappa shape index (κ1) is 20.1. The molecule has 1 aliphatic carbocycles. The number of nitrogens with zero attached hydrogens (tertiary/aromatic N) is 2. The van der Waals surface area contributed by atoms with Gasteiger partial charge in [0, 0.05) is 25.1 Å². The maximum atomic E-state index is 13.5. The first-order valence-corrected chi connectivity index (χ1v) is 10.2. The standard InChI is InChI=1S/C20H25F3N4O2/c21-20(22,23)15-3-1-2-8-27(15)17-10-14(11-18(28)26-17)13-6-7-24-16(9-13)25-19(29)12-4-5-12/h6-7,9,12,14-15,17H,1-5,8,10-11H2,(H,26,28)(H,24,25,29). The zero-order valence-electron chi connectivity index (χ0n) is 16.0. The Balaban J connectivity index is 1.50. The first-order chi connectivity index (χ1) is 13.8. The molecule has 2 amide bonds. The molecular weight excluding hydrogens is 385 g/mol. The quantitative estimate of drug-likeness (QED) is 0.800. The molecule has 3 fully saturated rings. The molecule has 9 heteroatoms. The van der Waals surface area contributed by atoms with Gasteiger partial charge in [-0.25, -0.2) is 4.98 Å². The number of halogens is 3. The lowest BCUT2D eigenvalue weighted by Gasteiger charge is -2.44. The van der Waals surface area contributed by atoms with Crippen LogP contribution in [-0.2, 0) is 9.59 Å². The second-order valence-corrected chi connectivity index (χ2v) is 8.25. The van der Waals surface area contributed by atoms with E-state index in [1.807, 2.05) is 0 Å². The van der Waals surface area contributed by atoms with Gasteiger partial charge in [-0.05, 0) is 55.7 Å². The van der Waals surface area contributed by atoms with E-state index < -0.39 is 18.4 Å². The van der Waals surface area contributed by atoms with Crippen LogP contribution < -0.4 is 10.6 Å². The largest absolute Gasteiger partial charge is 0.404 e. The number of aromatic nitrogens is 1. The van der Waals surface area contributed by atoms with E-state index in [0.29, 0.717) is 31.6 Å². The van der Waals surface area contributed by atoms with Gasteiger partial charge < -0.3 is 10.6 Å². The maximum absolute atomic E-state index is 13.5. The van der Waals surface area contributed by atoms with Crippen LogP contribution in [0.5, 0.6) is 0 Å². The van der Waals surface area contributed by atoms with Gasteiger partial charge in [0.2, 0.25) is 11.8 Å². The lowest BCUT2D eigenvalue weighted by molar-refractivity contribution is -0.201. The first-order valence-electron chi connectivity index (χ1n) is 10.2. The zero-order chi connectivity index (χ0) is 20.6. The SMILES string of the molecule is O=C1CC(c2ccnc(NC(=O)C3CC3)c2)CC(N2CCCCC2C(F)(F)F)N1. The Kier molecular flexibility index (Phi) is 5.50. The molecule has 1 saturated carbocycles. The van der Waals surface area contributed by atoms with Gasteiger partial charge in [-0.15, -0.1) is 0 Å². The van der Waals surface area contributed by atoms with E-state index in [2.05, 4.69) is 15.6 Å². The van der Waals surface area contributed by atoms with Crippen LogP contribution >= 0.6 is 0 Å². The molecule has 0 radical (unpaired) electrons. The number of alkyl halides is 3. The van der Waals surface area contributed by atoms with Gasteiger partial charge in [0.05, 0.1) is 6.17 Å². The third-order valence-electron chi connectivity index (χ3n) is 6.04. The van der Waals surface area contributed by atoms with Crippen LogP contribution in [0.1, 0.15) is 56.4 Å². The summed E-state index contributed by atoms with van der Waals surface area (Å²) in [5.74, 6) is -0.0608. The van der Waals surface area contributed by atoms with Gasteiger partial charge in [-0.1, -0.05) is 6.42 Å². The molecule has 0 bridgehead atoms. The number of piperidine rings is 2. The molecule has 3 heterocycles. The van der Waals surface area contributed by atoms with E-state index in [9.17, 15) is 22.8 Å². The minimum atomic E-state index is -4.31. The van der Waals surface area contributed by atoms with Crippen molar-refractivity contribution in [1.82, 2.24) is 15.2 Å². The Morgan fingerprint density at radius 3 is 2.76 bits per heavy atom. The zero-order valence-corrected chi connectivity index (χ0v) is 16.0. The molecule has 6 nitrogen and oxygen atoms in total. The Morgan fingerprint density at radius 2 is 2.03 bits per heavy atom. The van der Waals surface area contributed by atoms with Crippen molar-refractivity contribution in [3.8, 4) is 0 Å². The number of pyridine rings is 1. The summed E-state index contributed by atoms with van der Waals surface area (Å²) in [6, 6.07) is 1.98. The van der Waals surface area contributed by atoms with E-state index in [4.69, 9.17) is 0 Å². The summed E-state index contributed by atoms with van der Waals surface area (Å²) in [4.78, 5) is 29.9. The van der Waals surface area contributed by atoms with E-state index in [0.717, 1.165) is 18.4 Å². The number of anilines is 1. The number of rotatable bonds is 4. The maximum Gasteiger partial charge on any atom is 0.404 e. The molecule has 1 aromatic heterocycles. The molecule has 0 aromatic carbocycles. The van der Waals surface area contributed by atoms with Crippen molar-refractivity contribution in [2.45, 2.75) is 69.2 Å². The summed E-state index contributed by atoms with van der Waals surface area (Å²) in [6.45, 7) is 0.320. The van der Waals surface area contributed by atoms with E-state index in [-0.39, 0.29) is 36.5 Å². The molecule has 4 rings (SSSR count). The highest BCUT2D eigenvalue weighted by Crippen LogP contribution is 2.37. The molecule has 2 aliphatic heterocycles. The van der Waals surface area contributed by atoms with Crippen molar-refractivity contribution in [1.29, 1.82) is 0 Å². The minimum Gasteiger partial charge on any atom is -0.341 e. The topological polar surface area (TPSA) is 74.3 Å². The molecule has 29 heavy (non-hydrogen) atoms. The van der Waals surface area contributed by atoms with Crippen LogP contribution in [0.4, 0.5) is 19.0 Å². The highest BCUT2D eigenvalue weighted by Gasteiger charge is 2.48. The highest BCUT2D eigenvalue weighted by molar-refractivity contribution is 5.93. The van der Waals surface area contributed by atoms with Gasteiger partial charge in [0.25, 0.3) is 0 Å². The van der Waals surface area contributed by atoms with E-state index in [1.54, 1.807) is 18.3 Å².